The molecule has 2 rings (SSSR count). The van der Waals surface area contributed by atoms with E-state index in [2.05, 4.69) is 5.32 Å². The number of halogens is 1. The Morgan fingerprint density at radius 1 is 1.16 bits per heavy atom. The van der Waals surface area contributed by atoms with Gasteiger partial charge in [-0.3, -0.25) is 4.79 Å². The Labute approximate surface area is 119 Å². The number of aromatic hydroxyl groups is 1. The normalized spacial score (nSPS) is 17.5. The van der Waals surface area contributed by atoms with E-state index in [9.17, 15) is 9.90 Å². The van der Waals surface area contributed by atoms with Gasteiger partial charge >= 0.3 is 0 Å². The van der Waals surface area contributed by atoms with Crippen LogP contribution in [0.15, 0.2) is 18.2 Å². The Hall–Kier alpha value is -1.22. The predicted molar refractivity (Wildman–Crippen MR) is 76.7 cm³/mol. The maximum absolute atomic E-state index is 12.1. The molecule has 0 atom stereocenters. The summed E-state index contributed by atoms with van der Waals surface area (Å²) in [5, 5.41) is 12.6. The van der Waals surface area contributed by atoms with Gasteiger partial charge in [0.25, 0.3) is 5.91 Å². The van der Waals surface area contributed by atoms with Crippen LogP contribution in [0.5, 0.6) is 5.75 Å². The second-order valence-electron chi connectivity index (χ2n) is 5.18. The lowest BCUT2D eigenvalue weighted by Gasteiger charge is -2.21. The molecule has 1 amide bonds. The van der Waals surface area contributed by atoms with Crippen LogP contribution in [0.1, 0.15) is 55.3 Å². The van der Waals surface area contributed by atoms with Gasteiger partial charge in [0.1, 0.15) is 5.75 Å². The molecule has 0 radical (unpaired) electrons. The number of carbonyl (C=O) groups is 1. The number of carbonyl (C=O) groups excluding carboxylic acids is 1. The highest BCUT2D eigenvalue weighted by Gasteiger charge is 2.15. The molecule has 1 aromatic carbocycles. The van der Waals surface area contributed by atoms with E-state index in [-0.39, 0.29) is 22.7 Å². The minimum atomic E-state index is -0.104. The maximum atomic E-state index is 12.1. The number of nitrogens with one attached hydrogen (secondary N) is 1. The molecule has 2 N–H and O–H groups in total. The third kappa shape index (κ3) is 4.13. The van der Waals surface area contributed by atoms with Gasteiger partial charge in [0.2, 0.25) is 0 Å². The fourth-order valence-electron chi connectivity index (χ4n) is 2.52. The predicted octanol–water partition coefficient (Wildman–Crippen LogP) is 3.89. The van der Waals surface area contributed by atoms with Crippen LogP contribution in [0.2, 0.25) is 5.02 Å². The van der Waals surface area contributed by atoms with Gasteiger partial charge in [-0.25, -0.2) is 0 Å². The zero-order valence-electron chi connectivity index (χ0n) is 11.0. The highest BCUT2D eigenvalue weighted by molar-refractivity contribution is 6.32. The number of phenolic OH excluding ortho intramolecular Hbond substituents is 1. The lowest BCUT2D eigenvalue weighted by Crippen LogP contribution is -2.35. The lowest BCUT2D eigenvalue weighted by molar-refractivity contribution is 0.0930. The van der Waals surface area contributed by atoms with Crippen LogP contribution in [-0.2, 0) is 0 Å². The second-order valence-corrected chi connectivity index (χ2v) is 5.59. The van der Waals surface area contributed by atoms with Gasteiger partial charge in [-0.2, -0.15) is 0 Å². The van der Waals surface area contributed by atoms with Crippen LogP contribution in [-0.4, -0.2) is 17.1 Å². The molecule has 1 aromatic rings. The van der Waals surface area contributed by atoms with Crippen LogP contribution in [0.4, 0.5) is 0 Å². The number of amides is 1. The summed E-state index contributed by atoms with van der Waals surface area (Å²) in [7, 11) is 0. The second kappa shape index (κ2) is 6.80. The smallest absolute Gasteiger partial charge is 0.251 e. The van der Waals surface area contributed by atoms with Gasteiger partial charge in [0, 0.05) is 11.6 Å². The van der Waals surface area contributed by atoms with Crippen molar-refractivity contribution in [2.45, 2.75) is 51.0 Å². The van der Waals surface area contributed by atoms with E-state index in [1.54, 1.807) is 6.07 Å². The molecule has 0 saturated heterocycles. The first-order chi connectivity index (χ1) is 9.16. The summed E-state index contributed by atoms with van der Waals surface area (Å²) in [6.07, 6.45) is 8.31. The van der Waals surface area contributed by atoms with Crippen molar-refractivity contribution in [1.29, 1.82) is 0 Å². The van der Waals surface area contributed by atoms with E-state index in [1.165, 1.54) is 44.2 Å². The summed E-state index contributed by atoms with van der Waals surface area (Å²) in [5.41, 5.74) is 0.504. The number of rotatable bonds is 2. The van der Waals surface area contributed by atoms with Gasteiger partial charge < -0.3 is 10.4 Å². The molecule has 4 heteroatoms. The molecule has 0 aromatic heterocycles. The Morgan fingerprint density at radius 3 is 2.42 bits per heavy atom. The highest BCUT2D eigenvalue weighted by Crippen LogP contribution is 2.24. The first-order valence-electron chi connectivity index (χ1n) is 6.96. The monoisotopic (exact) mass is 281 g/mol. The van der Waals surface area contributed by atoms with Crippen LogP contribution in [0.25, 0.3) is 0 Å². The van der Waals surface area contributed by atoms with Gasteiger partial charge in [0.05, 0.1) is 5.02 Å². The average molecular weight is 282 g/mol. The minimum Gasteiger partial charge on any atom is -0.506 e. The molecule has 3 nitrogen and oxygen atoms in total. The zero-order chi connectivity index (χ0) is 13.7. The number of hydrogen-bond donors (Lipinski definition) is 2. The molecule has 0 aliphatic heterocycles. The van der Waals surface area contributed by atoms with Crippen LogP contribution >= 0.6 is 11.6 Å². The van der Waals surface area contributed by atoms with Gasteiger partial charge in [-0.05, 0) is 31.0 Å². The third-order valence-electron chi connectivity index (χ3n) is 3.65. The first kappa shape index (κ1) is 14.2. The Bertz CT molecular complexity index is 440. The van der Waals surface area contributed by atoms with E-state index in [1.807, 2.05) is 0 Å². The minimum absolute atomic E-state index is 0.00386. The largest absolute Gasteiger partial charge is 0.506 e. The molecule has 0 spiro atoms. The Morgan fingerprint density at radius 2 is 1.79 bits per heavy atom. The molecule has 1 aliphatic rings. The van der Waals surface area contributed by atoms with Crippen molar-refractivity contribution < 1.29 is 9.90 Å². The van der Waals surface area contributed by atoms with E-state index in [0.29, 0.717) is 5.56 Å². The SMILES string of the molecule is O=C(NC1CCCCCCC1)c1ccc(O)c(Cl)c1. The molecule has 1 saturated carbocycles. The molecule has 19 heavy (non-hydrogen) atoms. The van der Waals surface area contributed by atoms with E-state index in [4.69, 9.17) is 11.6 Å². The molecule has 104 valence electrons. The topological polar surface area (TPSA) is 49.3 Å². The summed E-state index contributed by atoms with van der Waals surface area (Å²) in [6.45, 7) is 0. The molecule has 0 bridgehead atoms. The van der Waals surface area contributed by atoms with Gasteiger partial charge in [0.15, 0.2) is 0 Å². The fourth-order valence-corrected chi connectivity index (χ4v) is 2.70. The molecule has 1 fully saturated rings. The summed E-state index contributed by atoms with van der Waals surface area (Å²) in [4.78, 5) is 12.1. The maximum Gasteiger partial charge on any atom is 0.251 e. The van der Waals surface area contributed by atoms with E-state index in [0.717, 1.165) is 12.8 Å². The molecule has 1 aliphatic carbocycles. The summed E-state index contributed by atoms with van der Waals surface area (Å²) in [6, 6.07) is 4.82. The number of hydrogen-bond acceptors (Lipinski definition) is 2. The van der Waals surface area contributed by atoms with Crippen LogP contribution in [0, 0.1) is 0 Å². The number of benzene rings is 1. The summed E-state index contributed by atoms with van der Waals surface area (Å²) >= 11 is 5.82. The standard InChI is InChI=1S/C15H20ClNO2/c16-13-10-11(8-9-14(13)18)15(19)17-12-6-4-2-1-3-5-7-12/h8-10,12,18H,1-7H2,(H,17,19). The third-order valence-corrected chi connectivity index (χ3v) is 3.95. The number of phenols is 1. The van der Waals surface area contributed by atoms with E-state index >= 15 is 0 Å². The Kier molecular flexibility index (Phi) is 5.08. The fraction of sp³-hybridized carbons (Fsp3) is 0.533. The zero-order valence-corrected chi connectivity index (χ0v) is 11.7. The van der Waals surface area contributed by atoms with Crippen molar-refractivity contribution in [1.82, 2.24) is 5.32 Å². The molecule has 0 unspecified atom stereocenters. The summed E-state index contributed by atoms with van der Waals surface area (Å²) in [5.74, 6) is -0.100. The van der Waals surface area contributed by atoms with Gasteiger partial charge in [-0.1, -0.05) is 43.7 Å². The van der Waals surface area contributed by atoms with Crippen LogP contribution in [0.3, 0.4) is 0 Å². The highest BCUT2D eigenvalue weighted by atomic mass is 35.5. The molecular formula is C15H20ClNO2. The molecule has 0 heterocycles. The Balaban J connectivity index is 1.96. The van der Waals surface area contributed by atoms with E-state index < -0.39 is 0 Å². The van der Waals surface area contributed by atoms with Crippen molar-refractivity contribution in [2.24, 2.45) is 0 Å². The van der Waals surface area contributed by atoms with Crippen molar-refractivity contribution in [3.8, 4) is 5.75 Å². The quantitative estimate of drug-likeness (QED) is 0.864. The average Bonchev–Trinajstić information content (AvgIpc) is 2.35. The van der Waals surface area contributed by atoms with Gasteiger partial charge in [-0.15, -0.1) is 0 Å². The summed E-state index contributed by atoms with van der Waals surface area (Å²) < 4.78 is 0. The van der Waals surface area contributed by atoms with Crippen molar-refractivity contribution in [3.05, 3.63) is 28.8 Å². The van der Waals surface area contributed by atoms with Crippen molar-refractivity contribution >= 4 is 17.5 Å². The first-order valence-corrected chi connectivity index (χ1v) is 7.34. The van der Waals surface area contributed by atoms with Crippen molar-refractivity contribution in [3.63, 3.8) is 0 Å². The van der Waals surface area contributed by atoms with Crippen molar-refractivity contribution in [2.75, 3.05) is 0 Å². The van der Waals surface area contributed by atoms with Crippen LogP contribution < -0.4 is 5.32 Å². The molecular weight excluding hydrogens is 262 g/mol. The lowest BCUT2D eigenvalue weighted by atomic mass is 9.96.